The number of aromatic nitrogens is 4. The summed E-state index contributed by atoms with van der Waals surface area (Å²) in [5.74, 6) is -1.23. The molecule has 0 radical (unpaired) electrons. The van der Waals surface area contributed by atoms with Crippen LogP contribution in [0.2, 0.25) is 0 Å². The maximum absolute atomic E-state index is 13.8. The third-order valence-electron chi connectivity index (χ3n) is 6.90. The summed E-state index contributed by atoms with van der Waals surface area (Å²) in [5, 5.41) is 10.3. The van der Waals surface area contributed by atoms with E-state index in [-0.39, 0.29) is 24.2 Å². The highest BCUT2D eigenvalue weighted by Crippen LogP contribution is 2.37. The van der Waals surface area contributed by atoms with E-state index in [9.17, 15) is 26.7 Å². The van der Waals surface area contributed by atoms with Crippen LogP contribution in [0.15, 0.2) is 47.0 Å². The lowest BCUT2D eigenvalue weighted by atomic mass is 9.91. The van der Waals surface area contributed by atoms with Crippen molar-refractivity contribution >= 4 is 5.91 Å². The maximum atomic E-state index is 13.8. The van der Waals surface area contributed by atoms with E-state index < -0.39 is 42.5 Å². The van der Waals surface area contributed by atoms with Gasteiger partial charge in [0.15, 0.2) is 29.1 Å². The lowest BCUT2D eigenvalue weighted by Gasteiger charge is -2.35. The van der Waals surface area contributed by atoms with E-state index in [0.29, 0.717) is 41.8 Å². The van der Waals surface area contributed by atoms with Crippen molar-refractivity contribution in [3.05, 3.63) is 82.9 Å². The summed E-state index contributed by atoms with van der Waals surface area (Å²) in [6, 6.07) is 8.49. The number of benzene rings is 2. The first-order valence-corrected chi connectivity index (χ1v) is 12.9. The number of ether oxygens (including phenoxy) is 2. The van der Waals surface area contributed by atoms with Crippen LogP contribution in [0.3, 0.4) is 0 Å². The minimum absolute atomic E-state index is 0.00236. The number of amides is 1. The van der Waals surface area contributed by atoms with Gasteiger partial charge in [-0.2, -0.15) is 13.2 Å². The number of oxazole rings is 1. The van der Waals surface area contributed by atoms with Crippen LogP contribution in [0.5, 0.6) is 5.75 Å². The van der Waals surface area contributed by atoms with Crippen LogP contribution in [-0.2, 0) is 34.7 Å². The number of carbonyl (C=O) groups excluding carboxylic acids is 1. The molecule has 9 nitrogen and oxygen atoms in total. The van der Waals surface area contributed by atoms with Crippen LogP contribution in [0.1, 0.15) is 41.5 Å². The van der Waals surface area contributed by atoms with Gasteiger partial charge in [-0.05, 0) is 48.2 Å². The van der Waals surface area contributed by atoms with Gasteiger partial charge >= 0.3 is 6.18 Å². The molecule has 4 aromatic rings. The molecule has 0 spiro atoms. The molecule has 2 aromatic carbocycles. The van der Waals surface area contributed by atoms with E-state index in [2.05, 4.69) is 15.2 Å². The summed E-state index contributed by atoms with van der Waals surface area (Å²) in [6.07, 6.45) is -2.48. The molecule has 42 heavy (non-hydrogen) atoms. The van der Waals surface area contributed by atoms with Gasteiger partial charge in [0.05, 0.1) is 25.5 Å². The van der Waals surface area contributed by atoms with Crippen molar-refractivity contribution in [2.24, 2.45) is 0 Å². The molecule has 0 aliphatic carbocycles. The molecule has 1 N–H and O–H groups in total. The summed E-state index contributed by atoms with van der Waals surface area (Å²) in [7, 11) is 1.52. The van der Waals surface area contributed by atoms with Gasteiger partial charge in [0.25, 0.3) is 5.91 Å². The van der Waals surface area contributed by atoms with Gasteiger partial charge in [-0.25, -0.2) is 13.8 Å². The van der Waals surface area contributed by atoms with Crippen molar-refractivity contribution in [1.29, 1.82) is 0 Å². The minimum Gasteiger partial charge on any atom is -0.496 e. The second kappa shape index (κ2) is 11.5. The van der Waals surface area contributed by atoms with Crippen LogP contribution in [-0.4, -0.2) is 45.5 Å². The summed E-state index contributed by atoms with van der Waals surface area (Å²) < 4.78 is 84.9. The Hall–Kier alpha value is -4.33. The Morgan fingerprint density at radius 3 is 2.60 bits per heavy atom. The summed E-state index contributed by atoms with van der Waals surface area (Å²) in [6.45, 7) is 0.134. The fourth-order valence-corrected chi connectivity index (χ4v) is 4.89. The van der Waals surface area contributed by atoms with Crippen LogP contribution >= 0.6 is 0 Å². The number of carbonyl (C=O) groups is 1. The number of aryl methyl sites for hydroxylation is 1. The number of hydrogen-bond acceptors (Lipinski definition) is 7. The minimum atomic E-state index is -4.67. The Morgan fingerprint density at radius 2 is 1.90 bits per heavy atom. The molecule has 0 fully saturated rings. The van der Waals surface area contributed by atoms with Crippen LogP contribution < -0.4 is 10.1 Å². The first-order valence-electron chi connectivity index (χ1n) is 12.9. The highest BCUT2D eigenvalue weighted by molar-refractivity contribution is 5.86. The predicted octanol–water partition coefficient (Wildman–Crippen LogP) is 5.00. The van der Waals surface area contributed by atoms with Gasteiger partial charge in [0.2, 0.25) is 5.60 Å². The third-order valence-corrected chi connectivity index (χ3v) is 6.90. The SMILES string of the molecule is COc1cc(Cc2nnc3n2CCCC3(OCc2ccc(F)c(F)c2)C(=O)NCC(F)(F)F)ccc1-c1cnc(C)o1. The molecular weight excluding hydrogens is 565 g/mol. The third kappa shape index (κ3) is 5.98. The van der Waals surface area contributed by atoms with E-state index >= 15 is 0 Å². The van der Waals surface area contributed by atoms with E-state index in [0.717, 1.165) is 17.7 Å². The number of nitrogens with one attached hydrogen (secondary N) is 1. The molecule has 1 aliphatic heterocycles. The Labute approximate surface area is 236 Å². The number of hydrogen-bond donors (Lipinski definition) is 1. The van der Waals surface area contributed by atoms with Gasteiger partial charge in [-0.1, -0.05) is 12.1 Å². The smallest absolute Gasteiger partial charge is 0.405 e. The van der Waals surface area contributed by atoms with E-state index in [4.69, 9.17) is 13.9 Å². The van der Waals surface area contributed by atoms with Crippen molar-refractivity contribution in [3.63, 3.8) is 0 Å². The molecule has 3 heterocycles. The monoisotopic (exact) mass is 591 g/mol. The number of halogens is 5. The normalized spacial score (nSPS) is 16.7. The number of methoxy groups -OCH3 is 1. The predicted molar refractivity (Wildman–Crippen MR) is 137 cm³/mol. The fraction of sp³-hybridized carbons (Fsp3) is 0.357. The van der Waals surface area contributed by atoms with Crippen molar-refractivity contribution in [2.75, 3.05) is 13.7 Å². The number of nitrogens with zero attached hydrogens (tertiary/aromatic N) is 4. The van der Waals surface area contributed by atoms with Crippen LogP contribution in [0, 0.1) is 18.6 Å². The Morgan fingerprint density at radius 1 is 1.12 bits per heavy atom. The summed E-state index contributed by atoms with van der Waals surface area (Å²) >= 11 is 0. The molecule has 1 unspecified atom stereocenters. The van der Waals surface area contributed by atoms with E-state index in [1.807, 2.05) is 11.4 Å². The van der Waals surface area contributed by atoms with Gasteiger partial charge in [0, 0.05) is 19.9 Å². The molecule has 14 heteroatoms. The molecule has 1 amide bonds. The van der Waals surface area contributed by atoms with Crippen LogP contribution in [0.25, 0.3) is 11.3 Å². The number of fused-ring (bicyclic) bond motifs is 1. The van der Waals surface area contributed by atoms with E-state index in [1.54, 1.807) is 29.8 Å². The fourth-order valence-electron chi connectivity index (χ4n) is 4.89. The van der Waals surface area contributed by atoms with Crippen molar-refractivity contribution in [2.45, 2.75) is 51.1 Å². The zero-order valence-corrected chi connectivity index (χ0v) is 22.6. The molecule has 1 atom stereocenters. The zero-order chi connectivity index (χ0) is 30.1. The van der Waals surface area contributed by atoms with Crippen molar-refractivity contribution in [1.82, 2.24) is 25.1 Å². The van der Waals surface area contributed by atoms with Gasteiger partial charge in [-0.15, -0.1) is 10.2 Å². The standard InChI is InChI=1S/C28H26F5N5O4/c1-16-34-13-23(42-16)19-6-4-17(11-22(19)40-2)12-24-36-37-25-27(8-3-9-38(24)25,26(39)35-15-28(31,32)33)41-14-18-5-7-20(29)21(30)10-18/h4-7,10-11,13H,3,8-9,12,14-15H2,1-2H3,(H,35,39). The highest BCUT2D eigenvalue weighted by Gasteiger charge is 2.49. The second-order valence-corrected chi connectivity index (χ2v) is 9.81. The molecule has 5 rings (SSSR count). The van der Waals surface area contributed by atoms with Gasteiger partial charge < -0.3 is 23.8 Å². The number of alkyl halides is 3. The number of rotatable bonds is 9. The Kier molecular flexibility index (Phi) is 7.99. The zero-order valence-electron chi connectivity index (χ0n) is 22.6. The highest BCUT2D eigenvalue weighted by atomic mass is 19.4. The summed E-state index contributed by atoms with van der Waals surface area (Å²) in [5.41, 5.74) is -0.299. The molecular formula is C28H26F5N5O4. The second-order valence-electron chi connectivity index (χ2n) is 9.81. The van der Waals surface area contributed by atoms with Gasteiger partial charge in [0.1, 0.15) is 18.1 Å². The lowest BCUT2D eigenvalue weighted by Crippen LogP contribution is -2.52. The molecule has 222 valence electrons. The first-order chi connectivity index (χ1) is 20.0. The molecule has 2 aromatic heterocycles. The van der Waals surface area contributed by atoms with Gasteiger partial charge in [-0.3, -0.25) is 4.79 Å². The molecule has 1 aliphatic rings. The topological polar surface area (TPSA) is 104 Å². The molecule has 0 saturated heterocycles. The average molecular weight is 592 g/mol. The Bertz CT molecular complexity index is 1600. The molecule has 0 bridgehead atoms. The Balaban J connectivity index is 1.46. The first kappa shape index (κ1) is 29.2. The van der Waals surface area contributed by atoms with Crippen molar-refractivity contribution in [3.8, 4) is 17.1 Å². The summed E-state index contributed by atoms with van der Waals surface area (Å²) in [4.78, 5) is 17.4. The lowest BCUT2D eigenvalue weighted by molar-refractivity contribution is -0.164. The largest absolute Gasteiger partial charge is 0.496 e. The average Bonchev–Trinajstić information content (AvgIpc) is 3.58. The molecule has 0 saturated carbocycles. The van der Waals surface area contributed by atoms with Crippen molar-refractivity contribution < 1.29 is 40.6 Å². The quantitative estimate of drug-likeness (QED) is 0.273. The maximum Gasteiger partial charge on any atom is 0.405 e. The van der Waals surface area contributed by atoms with Crippen LogP contribution in [0.4, 0.5) is 22.0 Å². The van der Waals surface area contributed by atoms with E-state index in [1.165, 1.54) is 13.2 Å².